The number of nitrogens with zero attached hydrogens (tertiary/aromatic N) is 2. The predicted octanol–water partition coefficient (Wildman–Crippen LogP) is 1.29. The highest BCUT2D eigenvalue weighted by Crippen LogP contribution is 2.23. The number of imidazole rings is 1. The van der Waals surface area contributed by atoms with Crippen molar-refractivity contribution in [1.82, 2.24) is 9.55 Å². The minimum Gasteiger partial charge on any atom is -0.481 e. The number of aliphatic carboxylic acids is 1. The molecule has 13 heavy (non-hydrogen) atoms. The summed E-state index contributed by atoms with van der Waals surface area (Å²) >= 11 is 3.29. The van der Waals surface area contributed by atoms with Gasteiger partial charge in [0.25, 0.3) is 0 Å². The predicted molar refractivity (Wildman–Crippen MR) is 49.4 cm³/mol. The maximum absolute atomic E-state index is 10.7. The number of halogens is 1. The Hall–Kier alpha value is -0.840. The molecule has 0 radical (unpaired) electrons. The van der Waals surface area contributed by atoms with Gasteiger partial charge in [-0.05, 0) is 28.8 Å². The van der Waals surface area contributed by atoms with E-state index in [1.165, 1.54) is 0 Å². The molecule has 2 rings (SSSR count). The van der Waals surface area contributed by atoms with Crippen LogP contribution in [0.4, 0.5) is 0 Å². The van der Waals surface area contributed by atoms with E-state index in [-0.39, 0.29) is 5.92 Å². The minimum atomic E-state index is -0.716. The Labute approximate surface area is 83.7 Å². The number of carboxylic acids is 1. The molecule has 0 fully saturated rings. The van der Waals surface area contributed by atoms with E-state index in [0.717, 1.165) is 16.8 Å². The Balaban J connectivity index is 2.27. The molecule has 1 unspecified atom stereocenters. The summed E-state index contributed by atoms with van der Waals surface area (Å²) in [6, 6.07) is 0. The molecule has 1 aliphatic rings. The summed E-state index contributed by atoms with van der Waals surface area (Å²) in [6.45, 7) is 0.533. The molecule has 0 saturated carbocycles. The van der Waals surface area contributed by atoms with Gasteiger partial charge >= 0.3 is 5.97 Å². The van der Waals surface area contributed by atoms with Gasteiger partial charge in [0.05, 0.1) is 5.92 Å². The average molecular weight is 245 g/mol. The largest absolute Gasteiger partial charge is 0.481 e. The quantitative estimate of drug-likeness (QED) is 0.811. The van der Waals surface area contributed by atoms with Crippen LogP contribution in [0.1, 0.15) is 12.1 Å². The third kappa shape index (κ3) is 1.48. The zero-order valence-electron chi connectivity index (χ0n) is 6.90. The van der Waals surface area contributed by atoms with Crippen molar-refractivity contribution in [2.75, 3.05) is 0 Å². The molecule has 0 amide bonds. The molecule has 0 aliphatic carbocycles. The molecule has 0 bridgehead atoms. The monoisotopic (exact) mass is 244 g/mol. The number of carboxylic acid groups (broad SMARTS) is 1. The first kappa shape index (κ1) is 8.74. The Morgan fingerprint density at radius 1 is 1.77 bits per heavy atom. The summed E-state index contributed by atoms with van der Waals surface area (Å²) in [6.07, 6.45) is 3.31. The molecule has 1 aromatic heterocycles. The Morgan fingerprint density at radius 2 is 2.54 bits per heavy atom. The normalized spacial score (nSPS) is 21.2. The second-order valence-corrected chi connectivity index (χ2v) is 3.91. The summed E-state index contributed by atoms with van der Waals surface area (Å²) in [5.74, 6) is -0.982. The highest BCUT2D eigenvalue weighted by molar-refractivity contribution is 9.10. The second-order valence-electron chi connectivity index (χ2n) is 3.20. The number of rotatable bonds is 1. The number of hydrogen-bond donors (Lipinski definition) is 1. The van der Waals surface area contributed by atoms with Gasteiger partial charge in [-0.3, -0.25) is 4.79 Å². The van der Waals surface area contributed by atoms with Crippen molar-refractivity contribution >= 4 is 21.9 Å². The van der Waals surface area contributed by atoms with Crippen LogP contribution in [0.5, 0.6) is 0 Å². The van der Waals surface area contributed by atoms with E-state index in [0.29, 0.717) is 13.0 Å². The molecule has 0 aromatic carbocycles. The third-order valence-electron chi connectivity index (χ3n) is 2.39. The van der Waals surface area contributed by atoms with Crippen molar-refractivity contribution < 1.29 is 9.90 Å². The SMILES string of the molecule is O=C(O)C1CCc2cnc(Br)n2C1. The topological polar surface area (TPSA) is 55.1 Å². The number of fused-ring (bicyclic) bond motifs is 1. The maximum Gasteiger partial charge on any atom is 0.308 e. The first-order valence-electron chi connectivity index (χ1n) is 4.11. The number of aromatic nitrogens is 2. The third-order valence-corrected chi connectivity index (χ3v) is 3.02. The first-order chi connectivity index (χ1) is 6.18. The lowest BCUT2D eigenvalue weighted by Crippen LogP contribution is -2.26. The molecule has 0 saturated heterocycles. The molecule has 1 atom stereocenters. The van der Waals surface area contributed by atoms with Crippen molar-refractivity contribution in [3.05, 3.63) is 16.6 Å². The van der Waals surface area contributed by atoms with E-state index in [1.807, 2.05) is 4.57 Å². The fourth-order valence-corrected chi connectivity index (χ4v) is 2.09. The van der Waals surface area contributed by atoms with E-state index in [2.05, 4.69) is 20.9 Å². The molecule has 1 N–H and O–H groups in total. The summed E-state index contributed by atoms with van der Waals surface area (Å²) in [7, 11) is 0. The molecule has 70 valence electrons. The van der Waals surface area contributed by atoms with E-state index < -0.39 is 5.97 Å². The maximum atomic E-state index is 10.7. The number of carbonyl (C=O) groups is 1. The molecular formula is C8H9BrN2O2. The fraction of sp³-hybridized carbons (Fsp3) is 0.500. The Morgan fingerprint density at radius 3 is 3.23 bits per heavy atom. The van der Waals surface area contributed by atoms with Crippen LogP contribution in [0.3, 0.4) is 0 Å². The molecule has 1 aliphatic heterocycles. The van der Waals surface area contributed by atoms with Crippen LogP contribution < -0.4 is 0 Å². The molecule has 5 heteroatoms. The average Bonchev–Trinajstić information content (AvgIpc) is 2.47. The van der Waals surface area contributed by atoms with Gasteiger partial charge in [0.1, 0.15) is 0 Å². The van der Waals surface area contributed by atoms with Crippen LogP contribution in [0, 0.1) is 5.92 Å². The molecule has 2 heterocycles. The van der Waals surface area contributed by atoms with Gasteiger partial charge in [-0.25, -0.2) is 4.98 Å². The zero-order valence-corrected chi connectivity index (χ0v) is 8.49. The van der Waals surface area contributed by atoms with Gasteiger partial charge in [0.2, 0.25) is 0 Å². The molecule has 1 aromatic rings. The van der Waals surface area contributed by atoms with Crippen molar-refractivity contribution in [3.63, 3.8) is 0 Å². The van der Waals surface area contributed by atoms with Crippen molar-refractivity contribution in [2.24, 2.45) is 5.92 Å². The van der Waals surface area contributed by atoms with Crippen LogP contribution in [-0.2, 0) is 17.8 Å². The van der Waals surface area contributed by atoms with E-state index in [1.54, 1.807) is 6.20 Å². The van der Waals surface area contributed by atoms with Gasteiger partial charge in [0.15, 0.2) is 4.73 Å². The summed E-state index contributed by atoms with van der Waals surface area (Å²) < 4.78 is 2.65. The molecular weight excluding hydrogens is 236 g/mol. The summed E-state index contributed by atoms with van der Waals surface area (Å²) in [5.41, 5.74) is 1.12. The minimum absolute atomic E-state index is 0.266. The van der Waals surface area contributed by atoms with Crippen molar-refractivity contribution in [1.29, 1.82) is 0 Å². The lowest BCUT2D eigenvalue weighted by Gasteiger charge is -2.21. The van der Waals surface area contributed by atoms with Crippen molar-refractivity contribution in [3.8, 4) is 0 Å². The molecule has 4 nitrogen and oxygen atoms in total. The fourth-order valence-electron chi connectivity index (χ4n) is 1.61. The number of hydrogen-bond acceptors (Lipinski definition) is 2. The van der Waals surface area contributed by atoms with Gasteiger partial charge in [-0.15, -0.1) is 0 Å². The van der Waals surface area contributed by atoms with E-state index >= 15 is 0 Å². The van der Waals surface area contributed by atoms with Crippen LogP contribution in [0.25, 0.3) is 0 Å². The standard InChI is InChI=1S/C8H9BrN2O2/c9-8-10-3-6-2-1-5(7(12)13)4-11(6)8/h3,5H,1-2,4H2,(H,12,13). The van der Waals surface area contributed by atoms with E-state index in [9.17, 15) is 4.79 Å². The first-order valence-corrected chi connectivity index (χ1v) is 4.90. The van der Waals surface area contributed by atoms with Gasteiger partial charge < -0.3 is 9.67 Å². The van der Waals surface area contributed by atoms with Gasteiger partial charge in [-0.1, -0.05) is 0 Å². The summed E-state index contributed by atoms with van der Waals surface area (Å²) in [5, 5.41) is 8.84. The lowest BCUT2D eigenvalue weighted by molar-refractivity contribution is -0.142. The smallest absolute Gasteiger partial charge is 0.308 e. The number of aryl methyl sites for hydroxylation is 1. The Kier molecular flexibility index (Phi) is 2.11. The second kappa shape index (κ2) is 3.14. The van der Waals surface area contributed by atoms with Crippen LogP contribution >= 0.6 is 15.9 Å². The highest BCUT2D eigenvalue weighted by atomic mass is 79.9. The van der Waals surface area contributed by atoms with Crippen molar-refractivity contribution in [2.45, 2.75) is 19.4 Å². The Bertz CT molecular complexity index is 348. The van der Waals surface area contributed by atoms with Crippen LogP contribution in [0.15, 0.2) is 10.9 Å². The highest BCUT2D eigenvalue weighted by Gasteiger charge is 2.25. The van der Waals surface area contributed by atoms with E-state index in [4.69, 9.17) is 5.11 Å². The summed E-state index contributed by atoms with van der Waals surface area (Å²) in [4.78, 5) is 14.8. The van der Waals surface area contributed by atoms with Crippen LogP contribution in [-0.4, -0.2) is 20.6 Å². The van der Waals surface area contributed by atoms with Gasteiger partial charge in [0, 0.05) is 18.4 Å². The molecule has 0 spiro atoms. The van der Waals surface area contributed by atoms with Crippen LogP contribution in [0.2, 0.25) is 0 Å². The van der Waals surface area contributed by atoms with Gasteiger partial charge in [-0.2, -0.15) is 0 Å². The lowest BCUT2D eigenvalue weighted by atomic mass is 9.99. The zero-order chi connectivity index (χ0) is 9.42.